The zero-order valence-corrected chi connectivity index (χ0v) is 9.71. The fourth-order valence-corrected chi connectivity index (χ4v) is 2.16. The Bertz CT molecular complexity index is 615. The first kappa shape index (κ1) is 10.1. The van der Waals surface area contributed by atoms with Crippen molar-refractivity contribution >= 4 is 34.2 Å². The topological polar surface area (TPSA) is 78.2 Å². The molecule has 0 radical (unpaired) electrons. The molecule has 0 aliphatic carbocycles. The predicted molar refractivity (Wildman–Crippen MR) is 71.5 cm³/mol. The second-order valence-electron chi connectivity index (χ2n) is 3.80. The van der Waals surface area contributed by atoms with Crippen LogP contribution in [0.15, 0.2) is 35.5 Å². The summed E-state index contributed by atoms with van der Waals surface area (Å²) in [4.78, 5) is 7.49. The third kappa shape index (κ3) is 1.72. The molecule has 1 unspecified atom stereocenters. The molecule has 0 amide bonds. The standard InChI is InChI=1S/C11H11N5S/c12-10-14-9(15-11(17)16-10)7-5-13-8-4-2-1-3-6(7)8/h1-5,9,13H,(H4,12,14,15,16,17). The number of aromatic amines is 1. The Morgan fingerprint density at radius 2 is 2.12 bits per heavy atom. The quantitative estimate of drug-likeness (QED) is 0.564. The molecule has 1 atom stereocenters. The molecule has 1 aromatic heterocycles. The molecule has 1 aliphatic rings. The molecule has 2 aromatic rings. The summed E-state index contributed by atoms with van der Waals surface area (Å²) in [5.74, 6) is 0.337. The number of hydrogen-bond donors (Lipinski definition) is 4. The van der Waals surface area contributed by atoms with Gasteiger partial charge in [-0.25, -0.2) is 4.99 Å². The van der Waals surface area contributed by atoms with Gasteiger partial charge in [-0.1, -0.05) is 18.2 Å². The summed E-state index contributed by atoms with van der Waals surface area (Å²) in [6, 6.07) is 8.04. The van der Waals surface area contributed by atoms with Gasteiger partial charge in [0.1, 0.15) is 0 Å². The predicted octanol–water partition coefficient (Wildman–Crippen LogP) is 0.959. The van der Waals surface area contributed by atoms with E-state index in [1.807, 2.05) is 30.5 Å². The van der Waals surface area contributed by atoms with Crippen molar-refractivity contribution in [3.05, 3.63) is 36.0 Å². The van der Waals surface area contributed by atoms with E-state index in [1.54, 1.807) is 0 Å². The van der Waals surface area contributed by atoms with Crippen molar-refractivity contribution in [1.29, 1.82) is 0 Å². The van der Waals surface area contributed by atoms with Gasteiger partial charge in [0.15, 0.2) is 17.2 Å². The molecular formula is C11H11N5S. The van der Waals surface area contributed by atoms with Crippen LogP contribution in [0.2, 0.25) is 0 Å². The van der Waals surface area contributed by atoms with Crippen molar-refractivity contribution in [2.24, 2.45) is 10.7 Å². The molecular weight excluding hydrogens is 234 g/mol. The summed E-state index contributed by atoms with van der Waals surface area (Å²) in [6.45, 7) is 0. The minimum Gasteiger partial charge on any atom is -0.370 e. The van der Waals surface area contributed by atoms with Crippen molar-refractivity contribution in [2.75, 3.05) is 0 Å². The molecule has 6 heteroatoms. The van der Waals surface area contributed by atoms with Gasteiger partial charge in [-0.15, -0.1) is 0 Å². The Kier molecular flexibility index (Phi) is 2.22. The number of aliphatic imine (C=N–C) groups is 1. The van der Waals surface area contributed by atoms with Crippen LogP contribution in [0, 0.1) is 0 Å². The van der Waals surface area contributed by atoms with Gasteiger partial charge in [-0.2, -0.15) is 0 Å². The number of rotatable bonds is 1. The number of guanidine groups is 1. The molecule has 5 N–H and O–H groups in total. The zero-order valence-electron chi connectivity index (χ0n) is 8.90. The first-order chi connectivity index (χ1) is 8.24. The van der Waals surface area contributed by atoms with E-state index in [4.69, 9.17) is 18.0 Å². The molecule has 5 nitrogen and oxygen atoms in total. The molecule has 2 heterocycles. The Labute approximate surface area is 103 Å². The van der Waals surface area contributed by atoms with Crippen LogP contribution in [0.5, 0.6) is 0 Å². The normalized spacial score (nSPS) is 19.6. The largest absolute Gasteiger partial charge is 0.370 e. The summed E-state index contributed by atoms with van der Waals surface area (Å²) in [6.07, 6.45) is 1.69. The van der Waals surface area contributed by atoms with Crippen LogP contribution in [0.1, 0.15) is 11.7 Å². The number of para-hydroxylation sites is 1. The second-order valence-corrected chi connectivity index (χ2v) is 4.21. The molecule has 0 fully saturated rings. The highest BCUT2D eigenvalue weighted by Crippen LogP contribution is 2.25. The highest BCUT2D eigenvalue weighted by atomic mass is 32.1. The molecule has 0 saturated carbocycles. The van der Waals surface area contributed by atoms with Gasteiger partial charge >= 0.3 is 0 Å². The summed E-state index contributed by atoms with van der Waals surface area (Å²) in [5, 5.41) is 7.44. The van der Waals surface area contributed by atoms with Gasteiger partial charge in [0, 0.05) is 22.7 Å². The molecule has 0 bridgehead atoms. The Morgan fingerprint density at radius 3 is 2.94 bits per heavy atom. The Hall–Kier alpha value is -2.08. The van der Waals surface area contributed by atoms with Crippen molar-refractivity contribution in [3.8, 4) is 0 Å². The number of nitrogens with two attached hydrogens (primary N) is 1. The monoisotopic (exact) mass is 245 g/mol. The van der Waals surface area contributed by atoms with E-state index in [9.17, 15) is 0 Å². The van der Waals surface area contributed by atoms with Gasteiger partial charge in [0.25, 0.3) is 0 Å². The van der Waals surface area contributed by atoms with Crippen LogP contribution in [0.3, 0.4) is 0 Å². The number of nitrogens with one attached hydrogen (secondary N) is 3. The fourth-order valence-electron chi connectivity index (χ4n) is 1.95. The maximum absolute atomic E-state index is 5.67. The van der Waals surface area contributed by atoms with Gasteiger partial charge in [0.05, 0.1) is 0 Å². The number of nitrogens with zero attached hydrogens (tertiary/aromatic N) is 1. The number of hydrogen-bond acceptors (Lipinski definition) is 3. The number of H-pyrrole nitrogens is 1. The number of benzene rings is 1. The van der Waals surface area contributed by atoms with Crippen LogP contribution in [0.4, 0.5) is 0 Å². The first-order valence-electron chi connectivity index (χ1n) is 5.21. The number of thiocarbonyl (C=S) groups is 1. The lowest BCUT2D eigenvalue weighted by atomic mass is 10.1. The molecule has 1 aliphatic heterocycles. The average molecular weight is 245 g/mol. The van der Waals surface area contributed by atoms with Crippen molar-refractivity contribution in [1.82, 2.24) is 15.6 Å². The summed E-state index contributed by atoms with van der Waals surface area (Å²) >= 11 is 5.06. The highest BCUT2D eigenvalue weighted by molar-refractivity contribution is 7.80. The van der Waals surface area contributed by atoms with Gasteiger partial charge in [-0.05, 0) is 18.3 Å². The minimum atomic E-state index is -0.236. The van der Waals surface area contributed by atoms with Gasteiger partial charge in [-0.3, -0.25) is 0 Å². The van der Waals surface area contributed by atoms with Crippen LogP contribution >= 0.6 is 12.2 Å². The van der Waals surface area contributed by atoms with E-state index < -0.39 is 0 Å². The lowest BCUT2D eigenvalue weighted by Crippen LogP contribution is -2.49. The van der Waals surface area contributed by atoms with Gasteiger partial charge < -0.3 is 21.4 Å². The third-order valence-corrected chi connectivity index (χ3v) is 2.91. The lowest BCUT2D eigenvalue weighted by molar-refractivity contribution is 0.665. The maximum Gasteiger partial charge on any atom is 0.197 e. The summed E-state index contributed by atoms with van der Waals surface area (Å²) < 4.78 is 0. The molecule has 86 valence electrons. The molecule has 0 spiro atoms. The smallest absolute Gasteiger partial charge is 0.197 e. The summed E-state index contributed by atoms with van der Waals surface area (Å²) in [7, 11) is 0. The van der Waals surface area contributed by atoms with E-state index >= 15 is 0 Å². The Balaban J connectivity index is 2.09. The van der Waals surface area contributed by atoms with E-state index in [2.05, 4.69) is 20.6 Å². The number of aromatic nitrogens is 1. The average Bonchev–Trinajstić information content (AvgIpc) is 2.71. The highest BCUT2D eigenvalue weighted by Gasteiger charge is 2.19. The molecule has 3 rings (SSSR count). The third-order valence-electron chi connectivity index (χ3n) is 2.69. The Morgan fingerprint density at radius 1 is 1.29 bits per heavy atom. The van der Waals surface area contributed by atoms with Crippen LogP contribution in [-0.2, 0) is 0 Å². The van der Waals surface area contributed by atoms with Crippen molar-refractivity contribution in [3.63, 3.8) is 0 Å². The fraction of sp³-hybridized carbons (Fsp3) is 0.0909. The number of fused-ring (bicyclic) bond motifs is 1. The van der Waals surface area contributed by atoms with E-state index in [0.29, 0.717) is 11.1 Å². The molecule has 0 saturated heterocycles. The SMILES string of the molecule is NC1=NC(c2c[nH]c3ccccc23)NC(=S)N1. The maximum atomic E-state index is 5.67. The van der Waals surface area contributed by atoms with Crippen LogP contribution in [-0.4, -0.2) is 16.1 Å². The summed E-state index contributed by atoms with van der Waals surface area (Å²) in [5.41, 5.74) is 7.77. The van der Waals surface area contributed by atoms with Gasteiger partial charge in [0.2, 0.25) is 0 Å². The van der Waals surface area contributed by atoms with Crippen molar-refractivity contribution in [2.45, 2.75) is 6.17 Å². The van der Waals surface area contributed by atoms with E-state index in [-0.39, 0.29) is 6.17 Å². The minimum absolute atomic E-state index is 0.236. The first-order valence-corrected chi connectivity index (χ1v) is 5.61. The molecule has 17 heavy (non-hydrogen) atoms. The van der Waals surface area contributed by atoms with E-state index in [0.717, 1.165) is 16.5 Å². The van der Waals surface area contributed by atoms with E-state index in [1.165, 1.54) is 0 Å². The zero-order chi connectivity index (χ0) is 11.8. The molecule has 1 aromatic carbocycles. The lowest BCUT2D eigenvalue weighted by Gasteiger charge is -2.22. The van der Waals surface area contributed by atoms with Crippen LogP contribution in [0.25, 0.3) is 10.9 Å². The second kappa shape index (κ2) is 3.74. The van der Waals surface area contributed by atoms with Crippen LogP contribution < -0.4 is 16.4 Å². The van der Waals surface area contributed by atoms with Crippen molar-refractivity contribution < 1.29 is 0 Å².